The summed E-state index contributed by atoms with van der Waals surface area (Å²) >= 11 is 0. The van der Waals surface area contributed by atoms with Crippen molar-refractivity contribution in [3.05, 3.63) is 59.7 Å². The Balaban J connectivity index is 2.61. The van der Waals surface area contributed by atoms with Gasteiger partial charge in [0.1, 0.15) is 6.29 Å². The van der Waals surface area contributed by atoms with Gasteiger partial charge in [-0.15, -0.1) is 0 Å². The van der Waals surface area contributed by atoms with E-state index in [2.05, 4.69) is 0 Å². The smallest absolute Gasteiger partial charge is 0.303 e. The van der Waals surface area contributed by atoms with Gasteiger partial charge in [0, 0.05) is 5.92 Å². The maximum absolute atomic E-state index is 13.2. The molecule has 0 saturated carbocycles. The highest BCUT2D eigenvalue weighted by molar-refractivity contribution is 5.70. The van der Waals surface area contributed by atoms with E-state index in [0.717, 1.165) is 6.07 Å². The Labute approximate surface area is 115 Å². The van der Waals surface area contributed by atoms with E-state index in [0.29, 0.717) is 17.4 Å². The number of carbonyl (C=O) groups excluding carboxylic acids is 1. The van der Waals surface area contributed by atoms with Crippen LogP contribution >= 0.6 is 0 Å². The third-order valence-electron chi connectivity index (χ3n) is 3.16. The van der Waals surface area contributed by atoms with Gasteiger partial charge in [0.25, 0.3) is 0 Å². The summed E-state index contributed by atoms with van der Waals surface area (Å²) in [4.78, 5) is 10.7. The Bertz CT molecular complexity index is 603. The van der Waals surface area contributed by atoms with Crippen LogP contribution in [0.5, 0.6) is 0 Å². The van der Waals surface area contributed by atoms with Crippen LogP contribution in [0.1, 0.15) is 24.0 Å². The molecule has 2 aromatic carbocycles. The zero-order valence-electron chi connectivity index (χ0n) is 10.8. The van der Waals surface area contributed by atoms with E-state index in [9.17, 15) is 18.0 Å². The monoisotopic (exact) mass is 278 g/mol. The van der Waals surface area contributed by atoms with Crippen LogP contribution in [-0.4, -0.2) is 6.29 Å². The second kappa shape index (κ2) is 5.49. The molecule has 0 fully saturated rings. The lowest BCUT2D eigenvalue weighted by molar-refractivity contribution is -0.137. The van der Waals surface area contributed by atoms with Gasteiger partial charge in [-0.25, -0.2) is 0 Å². The molecule has 4 heteroatoms. The fourth-order valence-electron chi connectivity index (χ4n) is 2.03. The Morgan fingerprint density at radius 3 is 2.25 bits per heavy atom. The molecule has 0 aliphatic heterocycles. The van der Waals surface area contributed by atoms with Crippen LogP contribution in [0, 0.1) is 0 Å². The molecule has 2 aromatic rings. The van der Waals surface area contributed by atoms with Crippen molar-refractivity contribution in [1.82, 2.24) is 0 Å². The van der Waals surface area contributed by atoms with E-state index in [1.165, 1.54) is 6.07 Å². The second-order valence-corrected chi connectivity index (χ2v) is 4.59. The van der Waals surface area contributed by atoms with Gasteiger partial charge in [0.2, 0.25) is 0 Å². The molecule has 0 saturated heterocycles. The Hall–Kier alpha value is -2.10. The van der Waals surface area contributed by atoms with Crippen LogP contribution < -0.4 is 0 Å². The maximum atomic E-state index is 13.2. The molecule has 20 heavy (non-hydrogen) atoms. The first-order chi connectivity index (χ1) is 9.43. The van der Waals surface area contributed by atoms with Gasteiger partial charge in [-0.1, -0.05) is 49.4 Å². The number of benzene rings is 2. The summed E-state index contributed by atoms with van der Waals surface area (Å²) in [6.45, 7) is 1.57. The topological polar surface area (TPSA) is 17.1 Å². The number of alkyl halides is 3. The minimum atomic E-state index is -4.45. The molecule has 0 radical (unpaired) electrons. The van der Waals surface area contributed by atoms with Crippen LogP contribution in [0.3, 0.4) is 0 Å². The molecule has 0 bridgehead atoms. The largest absolute Gasteiger partial charge is 0.417 e. The van der Waals surface area contributed by atoms with Gasteiger partial charge in [-0.3, -0.25) is 0 Å². The summed E-state index contributed by atoms with van der Waals surface area (Å²) in [5.74, 6) is -0.555. The number of hydrogen-bond acceptors (Lipinski definition) is 1. The van der Waals surface area contributed by atoms with Gasteiger partial charge in [-0.05, 0) is 22.8 Å². The predicted octanol–water partition coefficient (Wildman–Crippen LogP) is 4.67. The predicted molar refractivity (Wildman–Crippen MR) is 71.4 cm³/mol. The highest BCUT2D eigenvalue weighted by atomic mass is 19.4. The van der Waals surface area contributed by atoms with Crippen molar-refractivity contribution < 1.29 is 18.0 Å². The third-order valence-corrected chi connectivity index (χ3v) is 3.16. The number of rotatable bonds is 3. The molecule has 0 aliphatic carbocycles. The first-order valence-electron chi connectivity index (χ1n) is 6.15. The third kappa shape index (κ3) is 2.90. The van der Waals surface area contributed by atoms with Crippen LogP contribution in [-0.2, 0) is 11.0 Å². The second-order valence-electron chi connectivity index (χ2n) is 4.59. The van der Waals surface area contributed by atoms with Crippen molar-refractivity contribution in [1.29, 1.82) is 0 Å². The molecule has 2 rings (SSSR count). The first-order valence-corrected chi connectivity index (χ1v) is 6.15. The van der Waals surface area contributed by atoms with E-state index in [4.69, 9.17) is 0 Å². The van der Waals surface area contributed by atoms with Gasteiger partial charge >= 0.3 is 6.18 Å². The molecule has 104 valence electrons. The minimum Gasteiger partial charge on any atom is -0.303 e. The van der Waals surface area contributed by atoms with E-state index < -0.39 is 17.7 Å². The molecular formula is C16H13F3O. The van der Waals surface area contributed by atoms with Crippen LogP contribution in [0.15, 0.2) is 48.5 Å². The molecule has 0 amide bonds. The van der Waals surface area contributed by atoms with E-state index in [-0.39, 0.29) is 5.56 Å². The van der Waals surface area contributed by atoms with E-state index >= 15 is 0 Å². The first kappa shape index (κ1) is 14.3. The van der Waals surface area contributed by atoms with Crippen LogP contribution in [0.2, 0.25) is 0 Å². The fraction of sp³-hybridized carbons (Fsp3) is 0.188. The standard InChI is InChI=1S/C16H13F3O/c1-11(10-20)13-7-8-14(12-5-3-2-4-6-12)15(9-13)16(17,18)19/h2-11H,1H3. The minimum absolute atomic E-state index is 0.125. The summed E-state index contributed by atoms with van der Waals surface area (Å²) in [6.07, 6.45) is -3.82. The van der Waals surface area contributed by atoms with Crippen LogP contribution in [0.25, 0.3) is 11.1 Å². The number of carbonyl (C=O) groups is 1. The average molecular weight is 278 g/mol. The fourth-order valence-corrected chi connectivity index (χ4v) is 2.03. The molecule has 0 spiro atoms. The van der Waals surface area contributed by atoms with Gasteiger partial charge in [-0.2, -0.15) is 13.2 Å². The number of aldehydes is 1. The van der Waals surface area contributed by atoms with Crippen molar-refractivity contribution in [2.45, 2.75) is 19.0 Å². The lowest BCUT2D eigenvalue weighted by Crippen LogP contribution is -2.09. The summed E-state index contributed by atoms with van der Waals surface area (Å²) in [6, 6.07) is 12.4. The molecule has 1 nitrogen and oxygen atoms in total. The molecule has 1 unspecified atom stereocenters. The lowest BCUT2D eigenvalue weighted by atomic mass is 9.93. The van der Waals surface area contributed by atoms with Crippen molar-refractivity contribution in [3.8, 4) is 11.1 Å². The average Bonchev–Trinajstić information content (AvgIpc) is 2.46. The zero-order chi connectivity index (χ0) is 14.8. The summed E-state index contributed by atoms with van der Waals surface area (Å²) in [7, 11) is 0. The normalized spacial score (nSPS) is 13.0. The van der Waals surface area contributed by atoms with E-state index in [1.807, 2.05) is 0 Å². The highest BCUT2D eigenvalue weighted by Crippen LogP contribution is 2.38. The summed E-state index contributed by atoms with van der Waals surface area (Å²) in [5.41, 5.74) is 0.284. The number of hydrogen-bond donors (Lipinski definition) is 0. The van der Waals surface area contributed by atoms with Crippen molar-refractivity contribution in [2.24, 2.45) is 0 Å². The molecule has 0 N–H and O–H groups in total. The quantitative estimate of drug-likeness (QED) is 0.745. The Morgan fingerprint density at radius 1 is 1.05 bits per heavy atom. The Kier molecular flexibility index (Phi) is 3.93. The summed E-state index contributed by atoms with van der Waals surface area (Å²) < 4.78 is 39.6. The molecule has 0 heterocycles. The molecular weight excluding hydrogens is 265 g/mol. The van der Waals surface area contributed by atoms with Crippen LogP contribution in [0.4, 0.5) is 13.2 Å². The van der Waals surface area contributed by atoms with Crippen molar-refractivity contribution in [3.63, 3.8) is 0 Å². The highest BCUT2D eigenvalue weighted by Gasteiger charge is 2.34. The van der Waals surface area contributed by atoms with Gasteiger partial charge in [0.15, 0.2) is 0 Å². The molecule has 0 aromatic heterocycles. The maximum Gasteiger partial charge on any atom is 0.417 e. The summed E-state index contributed by atoms with van der Waals surface area (Å²) in [5, 5.41) is 0. The van der Waals surface area contributed by atoms with Crippen molar-refractivity contribution >= 4 is 6.29 Å². The van der Waals surface area contributed by atoms with E-state index in [1.54, 1.807) is 43.3 Å². The Morgan fingerprint density at radius 2 is 1.70 bits per heavy atom. The van der Waals surface area contributed by atoms with Gasteiger partial charge < -0.3 is 4.79 Å². The number of halogens is 3. The zero-order valence-corrected chi connectivity index (χ0v) is 10.8. The SMILES string of the molecule is CC(C=O)c1ccc(-c2ccccc2)c(C(F)(F)F)c1. The lowest BCUT2D eigenvalue weighted by Gasteiger charge is -2.16. The van der Waals surface area contributed by atoms with Gasteiger partial charge in [0.05, 0.1) is 5.56 Å². The van der Waals surface area contributed by atoms with Crippen molar-refractivity contribution in [2.75, 3.05) is 0 Å². The molecule has 0 aliphatic rings. The molecule has 1 atom stereocenters.